The maximum absolute atomic E-state index is 13.3. The molecular weight excluding hydrogens is 393 g/mol. The maximum atomic E-state index is 13.3. The van der Waals surface area contributed by atoms with Crippen LogP contribution in [0.2, 0.25) is 0 Å². The average Bonchev–Trinajstić information content (AvgIpc) is 3.20. The first-order valence-electron chi connectivity index (χ1n) is 9.03. The van der Waals surface area contributed by atoms with Crippen molar-refractivity contribution in [2.45, 2.75) is 6.18 Å². The fourth-order valence-electron chi connectivity index (χ4n) is 3.44. The van der Waals surface area contributed by atoms with Crippen molar-refractivity contribution in [2.24, 2.45) is 0 Å². The molecule has 0 aliphatic carbocycles. The molecule has 30 heavy (non-hydrogen) atoms. The molecule has 5 rings (SSSR count). The van der Waals surface area contributed by atoms with Crippen LogP contribution in [0.25, 0.3) is 39.1 Å². The van der Waals surface area contributed by atoms with Crippen molar-refractivity contribution in [1.82, 2.24) is 19.4 Å². The number of pyridine rings is 3. The standard InChI is InChI=1S/C22H13F3N4O/c23-22(24,25)16-3-1-2-13(10-16)20-17(11-14-5-7-19(30)27-21(14)28-20)15-4-6-18-26-8-9-29(18)12-15/h1-12H,(H,27,28,30). The second-order valence-electron chi connectivity index (χ2n) is 6.83. The second-order valence-corrected chi connectivity index (χ2v) is 6.83. The Hall–Kier alpha value is -3.94. The van der Waals surface area contributed by atoms with Crippen LogP contribution in [0.3, 0.4) is 0 Å². The van der Waals surface area contributed by atoms with E-state index in [2.05, 4.69) is 15.0 Å². The third kappa shape index (κ3) is 3.12. The summed E-state index contributed by atoms with van der Waals surface area (Å²) in [6.45, 7) is 0. The van der Waals surface area contributed by atoms with Gasteiger partial charge in [0.1, 0.15) is 11.3 Å². The second kappa shape index (κ2) is 6.55. The summed E-state index contributed by atoms with van der Waals surface area (Å²) in [6.07, 6.45) is 0.815. The molecule has 148 valence electrons. The molecule has 1 aromatic carbocycles. The van der Waals surface area contributed by atoms with Gasteiger partial charge < -0.3 is 9.38 Å². The Balaban J connectivity index is 1.81. The third-order valence-electron chi connectivity index (χ3n) is 4.87. The number of alkyl halides is 3. The van der Waals surface area contributed by atoms with Gasteiger partial charge in [0, 0.05) is 46.7 Å². The van der Waals surface area contributed by atoms with Crippen molar-refractivity contribution in [1.29, 1.82) is 0 Å². The lowest BCUT2D eigenvalue weighted by atomic mass is 9.98. The Bertz CT molecular complexity index is 1470. The predicted octanol–water partition coefficient (Wildman–Crippen LogP) is 4.92. The SMILES string of the molecule is O=c1ccc2cc(-c3ccc4nccn4c3)c(-c3cccc(C(F)(F)F)c3)nc2[nH]1. The lowest BCUT2D eigenvalue weighted by Gasteiger charge is -2.13. The lowest BCUT2D eigenvalue weighted by molar-refractivity contribution is -0.137. The summed E-state index contributed by atoms with van der Waals surface area (Å²) in [4.78, 5) is 23.1. The number of halogens is 3. The van der Waals surface area contributed by atoms with Gasteiger partial charge in [0.25, 0.3) is 0 Å². The van der Waals surface area contributed by atoms with Crippen LogP contribution >= 0.6 is 0 Å². The summed E-state index contributed by atoms with van der Waals surface area (Å²) in [5.74, 6) is 0. The molecule has 1 N–H and O–H groups in total. The molecule has 5 nitrogen and oxygen atoms in total. The first-order chi connectivity index (χ1) is 14.4. The summed E-state index contributed by atoms with van der Waals surface area (Å²) < 4.78 is 41.6. The van der Waals surface area contributed by atoms with Crippen LogP contribution < -0.4 is 5.56 Å². The van der Waals surface area contributed by atoms with Crippen molar-refractivity contribution in [3.8, 4) is 22.4 Å². The van der Waals surface area contributed by atoms with E-state index in [0.29, 0.717) is 27.9 Å². The minimum Gasteiger partial charge on any atom is -0.307 e. The van der Waals surface area contributed by atoms with Crippen molar-refractivity contribution >= 4 is 16.7 Å². The number of H-pyrrole nitrogens is 1. The van der Waals surface area contributed by atoms with Gasteiger partial charge in [0.05, 0.1) is 11.3 Å². The van der Waals surface area contributed by atoms with Crippen LogP contribution in [0.1, 0.15) is 5.56 Å². The normalized spacial score (nSPS) is 12.0. The number of aromatic amines is 1. The Labute approximate surface area is 167 Å². The van der Waals surface area contributed by atoms with Gasteiger partial charge in [0.2, 0.25) is 5.56 Å². The summed E-state index contributed by atoms with van der Waals surface area (Å²) in [6, 6.07) is 13.5. The summed E-state index contributed by atoms with van der Waals surface area (Å²) in [5, 5.41) is 0.672. The molecule has 0 saturated carbocycles. The molecule has 0 atom stereocenters. The highest BCUT2D eigenvalue weighted by molar-refractivity contribution is 5.90. The molecule has 0 aliphatic heterocycles. The van der Waals surface area contributed by atoms with E-state index < -0.39 is 11.7 Å². The van der Waals surface area contributed by atoms with Gasteiger partial charge in [-0.3, -0.25) is 4.79 Å². The topological polar surface area (TPSA) is 63.1 Å². The van der Waals surface area contributed by atoms with Crippen molar-refractivity contribution in [3.63, 3.8) is 0 Å². The molecule has 0 unspecified atom stereocenters. The minimum absolute atomic E-state index is 0.303. The van der Waals surface area contributed by atoms with Crippen molar-refractivity contribution in [3.05, 3.63) is 89.1 Å². The van der Waals surface area contributed by atoms with Crippen LogP contribution in [-0.2, 0) is 6.18 Å². The number of hydrogen-bond donors (Lipinski definition) is 1. The average molecular weight is 406 g/mol. The number of aromatic nitrogens is 4. The van der Waals surface area contributed by atoms with Crippen molar-refractivity contribution < 1.29 is 13.2 Å². The molecule has 4 aromatic heterocycles. The largest absolute Gasteiger partial charge is 0.416 e. The smallest absolute Gasteiger partial charge is 0.307 e. The third-order valence-corrected chi connectivity index (χ3v) is 4.87. The highest BCUT2D eigenvalue weighted by Gasteiger charge is 2.30. The molecule has 0 spiro atoms. The number of hydrogen-bond acceptors (Lipinski definition) is 3. The predicted molar refractivity (Wildman–Crippen MR) is 107 cm³/mol. The molecule has 0 bridgehead atoms. The maximum Gasteiger partial charge on any atom is 0.416 e. The molecule has 0 aliphatic rings. The molecule has 0 saturated heterocycles. The van der Waals surface area contributed by atoms with E-state index in [0.717, 1.165) is 23.3 Å². The number of nitrogens with one attached hydrogen (secondary N) is 1. The highest BCUT2D eigenvalue weighted by atomic mass is 19.4. The Morgan fingerprint density at radius 1 is 0.967 bits per heavy atom. The fourth-order valence-corrected chi connectivity index (χ4v) is 3.44. The lowest BCUT2D eigenvalue weighted by Crippen LogP contribution is -2.06. The first kappa shape index (κ1) is 18.1. The zero-order valence-electron chi connectivity index (χ0n) is 15.3. The summed E-state index contributed by atoms with van der Waals surface area (Å²) in [7, 11) is 0. The molecule has 0 fully saturated rings. The number of fused-ring (bicyclic) bond motifs is 2. The number of nitrogens with zero attached hydrogens (tertiary/aromatic N) is 3. The van der Waals surface area contributed by atoms with Crippen LogP contribution in [-0.4, -0.2) is 19.4 Å². The van der Waals surface area contributed by atoms with Gasteiger partial charge in [-0.2, -0.15) is 13.2 Å². The fraction of sp³-hybridized carbons (Fsp3) is 0.0455. The van der Waals surface area contributed by atoms with E-state index in [1.165, 1.54) is 12.1 Å². The van der Waals surface area contributed by atoms with E-state index >= 15 is 0 Å². The number of benzene rings is 1. The molecule has 5 aromatic rings. The molecule has 8 heteroatoms. The molecule has 0 radical (unpaired) electrons. The van der Waals surface area contributed by atoms with Gasteiger partial charge in [-0.25, -0.2) is 9.97 Å². The van der Waals surface area contributed by atoms with E-state index in [1.54, 1.807) is 24.5 Å². The van der Waals surface area contributed by atoms with Crippen LogP contribution in [0, 0.1) is 0 Å². The first-order valence-corrected chi connectivity index (χ1v) is 9.03. The Morgan fingerprint density at radius 2 is 1.83 bits per heavy atom. The monoisotopic (exact) mass is 406 g/mol. The highest BCUT2D eigenvalue weighted by Crippen LogP contribution is 2.36. The van der Waals surface area contributed by atoms with Gasteiger partial charge in [-0.05, 0) is 36.4 Å². The van der Waals surface area contributed by atoms with Gasteiger partial charge in [-0.15, -0.1) is 0 Å². The Kier molecular flexibility index (Phi) is 3.95. The zero-order valence-corrected chi connectivity index (χ0v) is 15.3. The Morgan fingerprint density at radius 3 is 2.67 bits per heavy atom. The van der Waals surface area contributed by atoms with Crippen LogP contribution in [0.4, 0.5) is 13.2 Å². The summed E-state index contributed by atoms with van der Waals surface area (Å²) in [5.41, 5.74) is 2.00. The zero-order chi connectivity index (χ0) is 20.9. The van der Waals surface area contributed by atoms with Crippen LogP contribution in [0.5, 0.6) is 0 Å². The van der Waals surface area contributed by atoms with Crippen LogP contribution in [0.15, 0.2) is 78.0 Å². The van der Waals surface area contributed by atoms with Gasteiger partial charge in [0.15, 0.2) is 0 Å². The van der Waals surface area contributed by atoms with Crippen molar-refractivity contribution in [2.75, 3.05) is 0 Å². The minimum atomic E-state index is -4.48. The molecule has 4 heterocycles. The quantitative estimate of drug-likeness (QED) is 0.452. The number of imidazole rings is 1. The molecular formula is C22H13F3N4O. The van der Waals surface area contributed by atoms with Gasteiger partial charge >= 0.3 is 6.18 Å². The summed E-state index contributed by atoms with van der Waals surface area (Å²) >= 11 is 0. The van der Waals surface area contributed by atoms with E-state index in [4.69, 9.17) is 0 Å². The van der Waals surface area contributed by atoms with E-state index in [1.807, 2.05) is 28.8 Å². The van der Waals surface area contributed by atoms with E-state index in [9.17, 15) is 18.0 Å². The van der Waals surface area contributed by atoms with Gasteiger partial charge in [-0.1, -0.05) is 12.1 Å². The number of rotatable bonds is 2. The van der Waals surface area contributed by atoms with E-state index in [-0.39, 0.29) is 5.56 Å². The molecule has 0 amide bonds.